The minimum absolute atomic E-state index is 0.0717. The summed E-state index contributed by atoms with van der Waals surface area (Å²) < 4.78 is 13.0. The van der Waals surface area contributed by atoms with E-state index in [1.165, 1.54) is 36.2 Å². The zero-order valence-corrected chi connectivity index (χ0v) is 14.2. The van der Waals surface area contributed by atoms with E-state index in [4.69, 9.17) is 0 Å². The average Bonchev–Trinajstić information content (AvgIpc) is 2.67. The summed E-state index contributed by atoms with van der Waals surface area (Å²) in [4.78, 5) is 12.4. The molecule has 3 nitrogen and oxygen atoms in total. The molecule has 0 heterocycles. The van der Waals surface area contributed by atoms with Gasteiger partial charge in [-0.15, -0.1) is 0 Å². The fourth-order valence-electron chi connectivity index (χ4n) is 3.74. The number of nitrogens with one attached hydrogen (secondary N) is 1. The van der Waals surface area contributed by atoms with Gasteiger partial charge in [-0.2, -0.15) is 0 Å². The minimum Gasteiger partial charge on any atom is -0.378 e. The molecule has 0 aromatic heterocycles. The Hall–Kier alpha value is -2.20. The molecule has 0 bridgehead atoms. The van der Waals surface area contributed by atoms with Gasteiger partial charge in [-0.25, -0.2) is 4.39 Å². The molecule has 0 spiro atoms. The molecule has 2 N–H and O–H groups in total. The molecule has 0 saturated heterocycles. The minimum atomic E-state index is -1.28. The predicted octanol–water partition coefficient (Wildman–Crippen LogP) is 3.88. The Morgan fingerprint density at radius 3 is 2.32 bits per heavy atom. The van der Waals surface area contributed by atoms with E-state index in [2.05, 4.69) is 17.4 Å². The van der Waals surface area contributed by atoms with Crippen LogP contribution in [0.5, 0.6) is 0 Å². The van der Waals surface area contributed by atoms with Crippen molar-refractivity contribution in [3.05, 3.63) is 71.5 Å². The lowest BCUT2D eigenvalue weighted by molar-refractivity contribution is -0.130. The second-order valence-electron chi connectivity index (χ2n) is 6.88. The number of amides is 1. The summed E-state index contributed by atoms with van der Waals surface area (Å²) in [5.74, 6) is -0.825. The fraction of sp³-hybridized carbons (Fsp3) is 0.381. The van der Waals surface area contributed by atoms with Gasteiger partial charge in [0.25, 0.3) is 5.91 Å². The van der Waals surface area contributed by atoms with Crippen LogP contribution in [0, 0.1) is 5.82 Å². The van der Waals surface area contributed by atoms with Gasteiger partial charge in [0.15, 0.2) is 6.10 Å². The number of hydrogen-bond acceptors (Lipinski definition) is 2. The molecule has 1 amide bonds. The molecule has 0 radical (unpaired) electrons. The highest BCUT2D eigenvalue weighted by atomic mass is 19.1. The fourth-order valence-corrected chi connectivity index (χ4v) is 3.74. The van der Waals surface area contributed by atoms with Crippen LogP contribution in [0.1, 0.15) is 49.3 Å². The van der Waals surface area contributed by atoms with Gasteiger partial charge in [0.05, 0.1) is 0 Å². The lowest BCUT2D eigenvalue weighted by Gasteiger charge is -2.38. The van der Waals surface area contributed by atoms with Crippen LogP contribution in [0.25, 0.3) is 0 Å². The quantitative estimate of drug-likeness (QED) is 0.867. The van der Waals surface area contributed by atoms with Crippen LogP contribution in [-0.4, -0.2) is 17.6 Å². The lowest BCUT2D eigenvalue weighted by atomic mass is 9.69. The third-order valence-electron chi connectivity index (χ3n) is 5.23. The summed E-state index contributed by atoms with van der Waals surface area (Å²) in [7, 11) is 0. The molecule has 3 rings (SSSR count). The third kappa shape index (κ3) is 4.07. The largest absolute Gasteiger partial charge is 0.378 e. The first-order valence-electron chi connectivity index (χ1n) is 8.87. The van der Waals surface area contributed by atoms with Crippen LogP contribution in [0.15, 0.2) is 54.6 Å². The smallest absolute Gasteiger partial charge is 0.253 e. The monoisotopic (exact) mass is 341 g/mol. The summed E-state index contributed by atoms with van der Waals surface area (Å²) in [6.07, 6.45) is 4.29. The van der Waals surface area contributed by atoms with E-state index in [1.807, 2.05) is 18.2 Å². The normalized spacial score (nSPS) is 17.7. The van der Waals surface area contributed by atoms with Crippen molar-refractivity contribution in [2.75, 3.05) is 6.54 Å². The van der Waals surface area contributed by atoms with E-state index < -0.39 is 12.0 Å². The first-order valence-corrected chi connectivity index (χ1v) is 8.87. The van der Waals surface area contributed by atoms with Crippen LogP contribution < -0.4 is 5.32 Å². The van der Waals surface area contributed by atoms with Gasteiger partial charge in [0.1, 0.15) is 5.82 Å². The molecule has 1 atom stereocenters. The second kappa shape index (κ2) is 7.79. The van der Waals surface area contributed by atoms with Crippen molar-refractivity contribution in [1.29, 1.82) is 0 Å². The zero-order chi connectivity index (χ0) is 17.7. The van der Waals surface area contributed by atoms with E-state index in [-0.39, 0.29) is 11.2 Å². The van der Waals surface area contributed by atoms with E-state index >= 15 is 0 Å². The number of carbonyl (C=O) groups excluding carboxylic acids is 1. The molecule has 1 fully saturated rings. The van der Waals surface area contributed by atoms with Gasteiger partial charge in [-0.1, -0.05) is 61.7 Å². The molecule has 2 aromatic carbocycles. The number of halogens is 1. The van der Waals surface area contributed by atoms with Gasteiger partial charge in [-0.05, 0) is 36.1 Å². The molecule has 1 unspecified atom stereocenters. The van der Waals surface area contributed by atoms with Crippen molar-refractivity contribution in [3.8, 4) is 0 Å². The molecule has 25 heavy (non-hydrogen) atoms. The van der Waals surface area contributed by atoms with Crippen LogP contribution in [0.3, 0.4) is 0 Å². The Morgan fingerprint density at radius 1 is 1.04 bits per heavy atom. The maximum absolute atomic E-state index is 13.0. The second-order valence-corrected chi connectivity index (χ2v) is 6.88. The SMILES string of the molecule is O=C(NCC1(c2ccccc2)CCCCC1)C(O)c1ccc(F)cc1. The van der Waals surface area contributed by atoms with Crippen molar-refractivity contribution in [2.24, 2.45) is 0 Å². The zero-order valence-electron chi connectivity index (χ0n) is 14.2. The number of benzene rings is 2. The van der Waals surface area contributed by atoms with Crippen molar-refractivity contribution in [3.63, 3.8) is 0 Å². The van der Waals surface area contributed by atoms with E-state index in [9.17, 15) is 14.3 Å². The Bertz CT molecular complexity index is 694. The number of aliphatic hydroxyl groups is 1. The molecule has 2 aromatic rings. The summed E-state index contributed by atoms with van der Waals surface area (Å²) in [5, 5.41) is 13.2. The van der Waals surface area contributed by atoms with Gasteiger partial charge < -0.3 is 10.4 Å². The van der Waals surface area contributed by atoms with Crippen molar-refractivity contribution in [1.82, 2.24) is 5.32 Å². The molecular formula is C21H24FNO2. The standard InChI is InChI=1S/C21H24FNO2/c22-18-11-9-16(10-12-18)19(24)20(25)23-15-21(13-5-2-6-14-21)17-7-3-1-4-8-17/h1,3-4,7-12,19,24H,2,5-6,13-15H2,(H,23,25). The topological polar surface area (TPSA) is 49.3 Å². The van der Waals surface area contributed by atoms with Gasteiger partial charge in [0.2, 0.25) is 0 Å². The number of aliphatic hydroxyl groups excluding tert-OH is 1. The summed E-state index contributed by atoms with van der Waals surface area (Å²) >= 11 is 0. The predicted molar refractivity (Wildman–Crippen MR) is 95.6 cm³/mol. The summed E-state index contributed by atoms with van der Waals surface area (Å²) in [5.41, 5.74) is 1.57. The molecule has 1 saturated carbocycles. The van der Waals surface area contributed by atoms with E-state index in [0.29, 0.717) is 12.1 Å². The summed E-state index contributed by atoms with van der Waals surface area (Å²) in [6.45, 7) is 0.508. The van der Waals surface area contributed by atoms with Crippen molar-refractivity contribution < 1.29 is 14.3 Å². The van der Waals surface area contributed by atoms with E-state index in [1.54, 1.807) is 0 Å². The molecule has 4 heteroatoms. The highest BCUT2D eigenvalue weighted by Crippen LogP contribution is 2.39. The molecule has 132 valence electrons. The highest BCUT2D eigenvalue weighted by molar-refractivity contribution is 5.82. The third-order valence-corrected chi connectivity index (χ3v) is 5.23. The number of rotatable bonds is 5. The molecule has 1 aliphatic rings. The highest BCUT2D eigenvalue weighted by Gasteiger charge is 2.34. The Kier molecular flexibility index (Phi) is 5.49. The van der Waals surface area contributed by atoms with Gasteiger partial charge in [0, 0.05) is 12.0 Å². The van der Waals surface area contributed by atoms with Gasteiger partial charge in [-0.3, -0.25) is 4.79 Å². The molecule has 1 aliphatic carbocycles. The Balaban J connectivity index is 1.70. The van der Waals surface area contributed by atoms with Crippen LogP contribution in [-0.2, 0) is 10.2 Å². The number of carbonyl (C=O) groups is 1. The van der Waals surface area contributed by atoms with Crippen LogP contribution in [0.4, 0.5) is 4.39 Å². The molecule has 0 aliphatic heterocycles. The first kappa shape index (κ1) is 17.6. The van der Waals surface area contributed by atoms with Gasteiger partial charge >= 0.3 is 0 Å². The first-order chi connectivity index (χ1) is 12.1. The Morgan fingerprint density at radius 2 is 1.68 bits per heavy atom. The Labute approximate surface area is 147 Å². The maximum Gasteiger partial charge on any atom is 0.253 e. The average molecular weight is 341 g/mol. The van der Waals surface area contributed by atoms with Crippen LogP contribution >= 0.6 is 0 Å². The number of hydrogen-bond donors (Lipinski definition) is 2. The van der Waals surface area contributed by atoms with Crippen molar-refractivity contribution >= 4 is 5.91 Å². The molecular weight excluding hydrogens is 317 g/mol. The van der Waals surface area contributed by atoms with Crippen LogP contribution in [0.2, 0.25) is 0 Å². The lowest BCUT2D eigenvalue weighted by Crippen LogP contribution is -2.43. The maximum atomic E-state index is 13.0. The van der Waals surface area contributed by atoms with E-state index in [0.717, 1.165) is 25.7 Å². The summed E-state index contributed by atoms with van der Waals surface area (Å²) in [6, 6.07) is 15.7. The van der Waals surface area contributed by atoms with Crippen molar-refractivity contribution in [2.45, 2.75) is 43.6 Å².